The molecule has 0 radical (unpaired) electrons. The molecule has 0 N–H and O–H groups in total. The molecule has 2 aliphatic carbocycles. The van der Waals surface area contributed by atoms with Crippen molar-refractivity contribution in [1.82, 2.24) is 0 Å². The van der Waals surface area contributed by atoms with Gasteiger partial charge in [0.2, 0.25) is 0 Å². The molecule has 2 saturated carbocycles. The van der Waals surface area contributed by atoms with Crippen LogP contribution in [0, 0.1) is 18.8 Å². The van der Waals surface area contributed by atoms with E-state index in [4.69, 9.17) is 0 Å². The summed E-state index contributed by atoms with van der Waals surface area (Å²) in [5.41, 5.74) is 3.23. The molecule has 0 saturated heterocycles. The van der Waals surface area contributed by atoms with Crippen molar-refractivity contribution in [1.29, 1.82) is 0 Å². The van der Waals surface area contributed by atoms with Crippen LogP contribution in [0.1, 0.15) is 36.3 Å². The Morgan fingerprint density at radius 2 is 1.67 bits per heavy atom. The Kier molecular flexibility index (Phi) is 3.28. The summed E-state index contributed by atoms with van der Waals surface area (Å²) in [6.45, 7) is 2.32. The maximum absolute atomic E-state index is 2.66. The third kappa shape index (κ3) is 2.05. The number of fused-ring (bicyclic) bond motifs is 2. The van der Waals surface area contributed by atoms with Gasteiger partial charge in [-0.3, -0.25) is 0 Å². The molecule has 2 fully saturated rings. The molecule has 0 heterocycles. The molecule has 1 heteroatoms. The van der Waals surface area contributed by atoms with Crippen molar-refractivity contribution in [3.63, 3.8) is 0 Å². The topological polar surface area (TPSA) is 0 Å². The summed E-state index contributed by atoms with van der Waals surface area (Å²) >= 11 is -1.81. The summed E-state index contributed by atoms with van der Waals surface area (Å²) < 4.78 is 1.10. The molecule has 0 unspecified atom stereocenters. The van der Waals surface area contributed by atoms with Gasteiger partial charge in [0.15, 0.2) is 0 Å². The second kappa shape index (κ2) is 4.54. The number of aryl methyl sites for hydroxylation is 1. The minimum atomic E-state index is -1.81. The maximum atomic E-state index is 2.66. The van der Waals surface area contributed by atoms with Gasteiger partial charge in [-0.1, -0.05) is 0 Å². The number of hydrogen-bond acceptors (Lipinski definition) is 0. The molecule has 4 atom stereocenters. The van der Waals surface area contributed by atoms with Crippen molar-refractivity contribution < 1.29 is 0 Å². The average Bonchev–Trinajstić information content (AvgIpc) is 2.88. The summed E-state index contributed by atoms with van der Waals surface area (Å²) in [5, 5.41) is 0. The Morgan fingerprint density at radius 3 is 2.33 bits per heavy atom. The second-order valence-electron chi connectivity index (χ2n) is 7.61. The van der Waals surface area contributed by atoms with Gasteiger partial charge in [-0.25, -0.2) is 0 Å². The monoisotopic (exact) mass is 350 g/mol. The van der Waals surface area contributed by atoms with Crippen LogP contribution in [0.15, 0.2) is 24.3 Å². The van der Waals surface area contributed by atoms with E-state index in [1.54, 1.807) is 5.56 Å². The van der Waals surface area contributed by atoms with E-state index < -0.39 is 18.4 Å². The van der Waals surface area contributed by atoms with Crippen LogP contribution in [0.2, 0.25) is 18.8 Å². The first-order valence-corrected chi connectivity index (χ1v) is 17.7. The zero-order chi connectivity index (χ0) is 12.9. The third-order valence-corrected chi connectivity index (χ3v) is 13.5. The van der Waals surface area contributed by atoms with Crippen LogP contribution in [0.25, 0.3) is 0 Å². The van der Waals surface area contributed by atoms with Crippen LogP contribution in [0.5, 0.6) is 0 Å². The predicted molar refractivity (Wildman–Crippen MR) is 81.8 cm³/mol. The summed E-state index contributed by atoms with van der Waals surface area (Å²) in [6, 6.07) is 9.19. The van der Waals surface area contributed by atoms with Gasteiger partial charge in [-0.2, -0.15) is 0 Å². The quantitative estimate of drug-likeness (QED) is 0.643. The van der Waals surface area contributed by atoms with E-state index in [9.17, 15) is 0 Å². The molecule has 1 aromatic carbocycles. The van der Waals surface area contributed by atoms with Crippen LogP contribution in [0.4, 0.5) is 0 Å². The van der Waals surface area contributed by atoms with E-state index in [2.05, 4.69) is 46.0 Å². The average molecular weight is 349 g/mol. The standard InChI is InChI=1S/C14H17.3CH3.Sn/c1-10-4-2-3-5-13(10)14-9-11-6-7-12(14)8-11;;;;/h2-5,9,11-12,14H,6-8H2,1H3;3*1H3;/t11-,12+,14+;;;;/m0..../s1. The van der Waals surface area contributed by atoms with Crippen molar-refractivity contribution >= 4 is 18.4 Å². The summed E-state index contributed by atoms with van der Waals surface area (Å²) in [5.74, 6) is 3.01. The zero-order valence-electron chi connectivity index (χ0n) is 12.2. The first-order chi connectivity index (χ1) is 8.48. The molecular formula is C17H26Sn. The summed E-state index contributed by atoms with van der Waals surface area (Å²) in [7, 11) is 0. The molecule has 0 aromatic heterocycles. The fraction of sp³-hybridized carbons (Fsp3) is 0.647. The van der Waals surface area contributed by atoms with Gasteiger partial charge < -0.3 is 0 Å². The van der Waals surface area contributed by atoms with Gasteiger partial charge in [0, 0.05) is 0 Å². The van der Waals surface area contributed by atoms with Gasteiger partial charge in [0.25, 0.3) is 0 Å². The van der Waals surface area contributed by atoms with Crippen LogP contribution in [0.3, 0.4) is 0 Å². The van der Waals surface area contributed by atoms with Gasteiger partial charge in [-0.05, 0) is 0 Å². The number of benzene rings is 1. The first kappa shape index (κ1) is 13.0. The van der Waals surface area contributed by atoms with Gasteiger partial charge >= 0.3 is 116 Å². The van der Waals surface area contributed by atoms with Crippen molar-refractivity contribution in [2.75, 3.05) is 0 Å². The molecule has 0 amide bonds. The molecule has 0 spiro atoms. The van der Waals surface area contributed by atoms with Crippen LogP contribution in [-0.2, 0) is 0 Å². The minimum absolute atomic E-state index is 0.917. The van der Waals surface area contributed by atoms with Gasteiger partial charge in [0.1, 0.15) is 0 Å². The van der Waals surface area contributed by atoms with E-state index in [0.717, 1.165) is 21.7 Å². The van der Waals surface area contributed by atoms with Crippen molar-refractivity contribution in [3.05, 3.63) is 35.4 Å². The second-order valence-corrected chi connectivity index (χ2v) is 23.0. The van der Waals surface area contributed by atoms with E-state index in [1.165, 1.54) is 24.8 Å². The Balaban J connectivity index is 2.02. The predicted octanol–water partition coefficient (Wildman–Crippen LogP) is 5.22. The zero-order valence-corrected chi connectivity index (χ0v) is 15.1. The van der Waals surface area contributed by atoms with Crippen molar-refractivity contribution in [2.45, 2.75) is 50.9 Å². The van der Waals surface area contributed by atoms with Gasteiger partial charge in [-0.15, -0.1) is 0 Å². The Bertz CT molecular complexity index is 443. The van der Waals surface area contributed by atoms with Crippen LogP contribution < -0.4 is 0 Å². The van der Waals surface area contributed by atoms with Crippen LogP contribution in [-0.4, -0.2) is 18.4 Å². The Hall–Kier alpha value is 0.0187. The number of rotatable bonds is 2. The Labute approximate surface area is 116 Å². The molecule has 0 aliphatic heterocycles. The molecule has 1 aromatic rings. The van der Waals surface area contributed by atoms with E-state index in [1.807, 2.05) is 0 Å². The van der Waals surface area contributed by atoms with E-state index in [-0.39, 0.29) is 0 Å². The first-order valence-electron chi connectivity index (χ1n) is 7.54. The molecule has 2 bridgehead atoms. The van der Waals surface area contributed by atoms with Crippen LogP contribution >= 0.6 is 0 Å². The molecule has 18 heavy (non-hydrogen) atoms. The summed E-state index contributed by atoms with van der Waals surface area (Å²) in [4.78, 5) is 7.97. The van der Waals surface area contributed by atoms with Crippen molar-refractivity contribution in [3.8, 4) is 0 Å². The van der Waals surface area contributed by atoms with Gasteiger partial charge in [0.05, 0.1) is 0 Å². The fourth-order valence-electron chi connectivity index (χ4n) is 4.95. The molecular weight excluding hydrogens is 323 g/mol. The SMILES string of the molecule is Cc1ccccc1[C@H]1[C@@H]2CC[C@@H](C2)[C@H]1[Sn]([CH3])([CH3])[CH3]. The Morgan fingerprint density at radius 1 is 1.00 bits per heavy atom. The van der Waals surface area contributed by atoms with E-state index in [0.29, 0.717) is 0 Å². The molecule has 2 aliphatic rings. The normalized spacial score (nSPS) is 35.1. The van der Waals surface area contributed by atoms with Crippen molar-refractivity contribution in [2.24, 2.45) is 11.8 Å². The fourth-order valence-corrected chi connectivity index (χ4v) is 14.2. The molecule has 0 nitrogen and oxygen atoms in total. The molecule has 3 rings (SSSR count). The third-order valence-electron chi connectivity index (χ3n) is 5.46. The molecule has 98 valence electrons. The summed E-state index contributed by atoms with van der Waals surface area (Å²) in [6.07, 6.45) is 4.58. The number of hydrogen-bond donors (Lipinski definition) is 0. The van der Waals surface area contributed by atoms with E-state index >= 15 is 0 Å².